The standard InChI is InChI=1S/C11H6N2O4S2.C11H8N2O3S2/c14-4-1-2-5-6(3-4)18-8(12-5)9-13-7(10(15)16)11(17)19-9;14-5-1-2-6-8(3-5)18-10(12-6)9-13-7(4-17-9)11(15)16/h1-3,9,14H,(H,15,16);1-3,9,14H,4H2,(H,15,16). The van der Waals surface area contributed by atoms with Crippen molar-refractivity contribution in [2.45, 2.75) is 10.7 Å². The molecule has 2 aliphatic heterocycles. The molecule has 11 nitrogen and oxygen atoms in total. The molecule has 6 rings (SSSR count). The van der Waals surface area contributed by atoms with Gasteiger partial charge in [0, 0.05) is 5.75 Å². The van der Waals surface area contributed by atoms with Gasteiger partial charge in [-0.05, 0) is 48.2 Å². The van der Waals surface area contributed by atoms with Crippen molar-refractivity contribution in [3.63, 3.8) is 0 Å². The third-order valence-corrected chi connectivity index (χ3v) is 9.44. The molecule has 0 amide bonds. The lowest BCUT2D eigenvalue weighted by Crippen LogP contribution is -2.17. The number of phenolic OH excluding ortho intramolecular Hbond substituents is 2. The highest BCUT2D eigenvalue weighted by Gasteiger charge is 2.34. The first kappa shape index (κ1) is 25.1. The molecule has 2 aromatic heterocycles. The number of thioether (sulfide) groups is 2. The minimum atomic E-state index is -1.32. The first-order valence-electron chi connectivity index (χ1n) is 10.3. The summed E-state index contributed by atoms with van der Waals surface area (Å²) < 4.78 is 1.64. The van der Waals surface area contributed by atoms with Gasteiger partial charge in [0.25, 0.3) is 0 Å². The predicted molar refractivity (Wildman–Crippen MR) is 143 cm³/mol. The van der Waals surface area contributed by atoms with E-state index < -0.39 is 28.1 Å². The number of aliphatic imine (C=N–C) groups is 2. The molecule has 2 unspecified atom stereocenters. The average Bonchev–Trinajstić information content (AvgIpc) is 3.62. The molecule has 15 heteroatoms. The molecule has 2 aromatic carbocycles. The van der Waals surface area contributed by atoms with E-state index in [9.17, 15) is 24.6 Å². The molecule has 0 aliphatic carbocycles. The minimum absolute atomic E-state index is 0.132. The van der Waals surface area contributed by atoms with E-state index >= 15 is 0 Å². The molecule has 0 saturated heterocycles. The van der Waals surface area contributed by atoms with E-state index in [0.29, 0.717) is 16.3 Å². The third-order valence-electron chi connectivity index (χ3n) is 4.96. The Labute approximate surface area is 223 Å². The van der Waals surface area contributed by atoms with Crippen molar-refractivity contribution >= 4 is 95.1 Å². The summed E-state index contributed by atoms with van der Waals surface area (Å²) >= 11 is 5.00. The number of hydrogen-bond acceptors (Lipinski definition) is 13. The van der Waals surface area contributed by atoms with Crippen molar-refractivity contribution in [2.24, 2.45) is 9.98 Å². The Morgan fingerprint density at radius 3 is 1.86 bits per heavy atom. The molecule has 0 fully saturated rings. The van der Waals surface area contributed by atoms with Gasteiger partial charge in [0.05, 0.1) is 20.4 Å². The Hall–Kier alpha value is -3.53. The van der Waals surface area contributed by atoms with Crippen LogP contribution in [0.15, 0.2) is 46.4 Å². The number of fused-ring (bicyclic) bond motifs is 2. The minimum Gasteiger partial charge on any atom is -0.508 e. The van der Waals surface area contributed by atoms with Crippen molar-refractivity contribution in [1.82, 2.24) is 9.97 Å². The number of carboxylic acids is 2. The zero-order chi connectivity index (χ0) is 26.3. The van der Waals surface area contributed by atoms with Gasteiger partial charge in [0.1, 0.15) is 32.6 Å². The topological polar surface area (TPSA) is 183 Å². The van der Waals surface area contributed by atoms with Crippen LogP contribution in [0.3, 0.4) is 0 Å². The number of rotatable bonds is 4. The Bertz CT molecular complexity index is 1640. The SMILES string of the molecule is O=C(O)C1=NC(c2nc3ccc(O)cc3s2)SC1.O=C(O)C1=NC(c2nc3ccc(O)cc3s2)SC1=O. The number of aromatic nitrogens is 2. The molecule has 2 aliphatic rings. The molecule has 0 spiro atoms. The smallest absolute Gasteiger partial charge is 0.358 e. The molecule has 4 aromatic rings. The second kappa shape index (κ2) is 10.1. The van der Waals surface area contributed by atoms with E-state index in [1.165, 1.54) is 40.5 Å². The van der Waals surface area contributed by atoms with E-state index in [0.717, 1.165) is 31.7 Å². The predicted octanol–water partition coefficient (Wildman–Crippen LogP) is 4.07. The summed E-state index contributed by atoms with van der Waals surface area (Å²) in [5.41, 5.74) is 1.22. The van der Waals surface area contributed by atoms with Crippen molar-refractivity contribution in [2.75, 3.05) is 5.75 Å². The maximum atomic E-state index is 11.5. The van der Waals surface area contributed by atoms with Crippen LogP contribution in [0.1, 0.15) is 20.8 Å². The summed E-state index contributed by atoms with van der Waals surface area (Å²) in [6.45, 7) is 0. The van der Waals surface area contributed by atoms with Gasteiger partial charge in [-0.2, -0.15) is 0 Å². The van der Waals surface area contributed by atoms with Crippen LogP contribution in [-0.4, -0.2) is 64.6 Å². The van der Waals surface area contributed by atoms with Gasteiger partial charge in [-0.1, -0.05) is 0 Å². The largest absolute Gasteiger partial charge is 0.508 e. The second-order valence-corrected chi connectivity index (χ2v) is 11.7. The molecule has 4 heterocycles. The van der Waals surface area contributed by atoms with Crippen molar-refractivity contribution < 1.29 is 34.8 Å². The van der Waals surface area contributed by atoms with Gasteiger partial charge in [-0.3, -0.25) is 14.8 Å². The second-order valence-electron chi connectivity index (χ2n) is 7.49. The molecule has 2 atom stereocenters. The number of nitrogens with zero attached hydrogens (tertiary/aromatic N) is 4. The van der Waals surface area contributed by atoms with Gasteiger partial charge in [0.15, 0.2) is 11.1 Å². The number of carbonyl (C=O) groups is 3. The lowest BCUT2D eigenvalue weighted by molar-refractivity contribution is -0.130. The molecule has 4 N–H and O–H groups in total. The molecule has 0 radical (unpaired) electrons. The van der Waals surface area contributed by atoms with Gasteiger partial charge in [-0.25, -0.2) is 19.6 Å². The Morgan fingerprint density at radius 2 is 1.38 bits per heavy atom. The molecular formula is C22H14N4O7S4. The summed E-state index contributed by atoms with van der Waals surface area (Å²) in [5.74, 6) is -1.55. The number of benzene rings is 2. The lowest BCUT2D eigenvalue weighted by atomic mass is 10.3. The Kier molecular flexibility index (Phi) is 6.85. The van der Waals surface area contributed by atoms with Crippen molar-refractivity contribution in [3.8, 4) is 11.5 Å². The number of phenols is 2. The monoisotopic (exact) mass is 574 g/mol. The quantitative estimate of drug-likeness (QED) is 0.276. The normalized spacial score (nSPS) is 19.0. The first-order chi connectivity index (χ1) is 17.7. The number of carbonyl (C=O) groups excluding carboxylic acids is 1. The van der Waals surface area contributed by atoms with Crippen molar-refractivity contribution in [3.05, 3.63) is 46.4 Å². The van der Waals surface area contributed by atoms with Gasteiger partial charge < -0.3 is 20.4 Å². The van der Waals surface area contributed by atoms with Gasteiger partial charge >= 0.3 is 11.9 Å². The van der Waals surface area contributed by atoms with E-state index in [1.807, 2.05) is 0 Å². The Balaban J connectivity index is 0.000000152. The molecule has 0 bridgehead atoms. The average molecular weight is 575 g/mol. The zero-order valence-electron chi connectivity index (χ0n) is 18.3. The van der Waals surface area contributed by atoms with E-state index in [2.05, 4.69) is 20.0 Å². The fourth-order valence-corrected chi connectivity index (χ4v) is 7.45. The Morgan fingerprint density at radius 1 is 0.811 bits per heavy atom. The maximum Gasteiger partial charge on any atom is 0.358 e. The first-order valence-corrected chi connectivity index (χ1v) is 13.9. The van der Waals surface area contributed by atoms with Crippen molar-refractivity contribution in [1.29, 1.82) is 0 Å². The summed E-state index contributed by atoms with van der Waals surface area (Å²) in [5, 5.41) is 36.4. The highest BCUT2D eigenvalue weighted by molar-refractivity contribution is 8.16. The fourth-order valence-electron chi connectivity index (χ4n) is 3.29. The summed E-state index contributed by atoms with van der Waals surface area (Å²) in [6.07, 6.45) is 0. The van der Waals surface area contributed by atoms with E-state index in [1.54, 1.807) is 30.3 Å². The number of aromatic hydroxyl groups is 2. The number of aliphatic carboxylic acids is 2. The van der Waals surface area contributed by atoms with Crippen LogP contribution in [-0.2, 0) is 14.4 Å². The molecule has 0 saturated carbocycles. The summed E-state index contributed by atoms with van der Waals surface area (Å²) in [4.78, 5) is 49.8. The summed E-state index contributed by atoms with van der Waals surface area (Å²) in [6, 6.07) is 9.72. The molecular weight excluding hydrogens is 561 g/mol. The highest BCUT2D eigenvalue weighted by Crippen LogP contribution is 2.41. The van der Waals surface area contributed by atoms with Gasteiger partial charge in [0.2, 0.25) is 5.12 Å². The zero-order valence-corrected chi connectivity index (χ0v) is 21.5. The van der Waals surface area contributed by atoms with Crippen LogP contribution in [0.25, 0.3) is 20.4 Å². The lowest BCUT2D eigenvalue weighted by Gasteiger charge is -1.98. The van der Waals surface area contributed by atoms with E-state index in [-0.39, 0.29) is 22.6 Å². The third kappa shape index (κ3) is 5.29. The van der Waals surface area contributed by atoms with Crippen LogP contribution < -0.4 is 0 Å². The fraction of sp³-hybridized carbons (Fsp3) is 0.136. The summed E-state index contributed by atoms with van der Waals surface area (Å²) in [7, 11) is 0. The highest BCUT2D eigenvalue weighted by atomic mass is 32.2. The number of carboxylic acid groups (broad SMARTS) is 2. The van der Waals surface area contributed by atoms with E-state index in [4.69, 9.17) is 10.2 Å². The molecule has 37 heavy (non-hydrogen) atoms. The number of thiazole rings is 2. The van der Waals surface area contributed by atoms with Crippen LogP contribution >= 0.6 is 46.2 Å². The van der Waals surface area contributed by atoms with Crippen LogP contribution in [0.5, 0.6) is 11.5 Å². The number of hydrogen-bond donors (Lipinski definition) is 4. The van der Waals surface area contributed by atoms with Gasteiger partial charge in [-0.15, -0.1) is 34.4 Å². The van der Waals surface area contributed by atoms with Crippen LogP contribution in [0.2, 0.25) is 0 Å². The molecule has 188 valence electrons. The van der Waals surface area contributed by atoms with Crippen LogP contribution in [0.4, 0.5) is 0 Å². The van der Waals surface area contributed by atoms with Crippen LogP contribution in [0, 0.1) is 0 Å². The maximum absolute atomic E-state index is 11.5.